The molecule has 1 atom stereocenters. The van der Waals surface area contributed by atoms with Crippen LogP contribution in [0.5, 0.6) is 0 Å². The molecule has 0 fully saturated rings. The zero-order chi connectivity index (χ0) is 58.5. The van der Waals surface area contributed by atoms with Crippen molar-refractivity contribution in [3.63, 3.8) is 0 Å². The molecular weight excluding hydrogens is 997 g/mol. The second kappa shape index (κ2) is 67.3. The Kier molecular flexibility index (Phi) is 62.9. The summed E-state index contributed by atoms with van der Waals surface area (Å²) in [4.78, 5) is 38.2. The lowest BCUT2D eigenvalue weighted by atomic mass is 10.1. The van der Waals surface area contributed by atoms with E-state index >= 15 is 0 Å². The molecule has 0 amide bonds. The Morgan fingerprint density at radius 1 is 0.259 bits per heavy atom. The predicted molar refractivity (Wildman–Crippen MR) is 352 cm³/mol. The highest BCUT2D eigenvalue weighted by Gasteiger charge is 2.19. The van der Waals surface area contributed by atoms with Gasteiger partial charge < -0.3 is 14.2 Å². The van der Waals surface area contributed by atoms with Gasteiger partial charge in [0, 0.05) is 19.3 Å². The number of rotatable bonds is 57. The van der Waals surface area contributed by atoms with Gasteiger partial charge in [-0.3, -0.25) is 14.4 Å². The fourth-order valence-corrected chi connectivity index (χ4v) is 8.40. The largest absolute Gasteiger partial charge is 0.462 e. The van der Waals surface area contributed by atoms with Crippen LogP contribution in [0.15, 0.2) is 170 Å². The molecule has 454 valence electrons. The number of carbonyl (C=O) groups excluding carboxylic acids is 3. The quantitative estimate of drug-likeness (QED) is 0.0261. The van der Waals surface area contributed by atoms with Crippen LogP contribution in [0.25, 0.3) is 0 Å². The first-order valence-electron chi connectivity index (χ1n) is 32.6. The average molecular weight is 1120 g/mol. The lowest BCUT2D eigenvalue weighted by molar-refractivity contribution is -0.167. The number of esters is 3. The summed E-state index contributed by atoms with van der Waals surface area (Å²) in [6.07, 6.45) is 99.4. The average Bonchev–Trinajstić information content (AvgIpc) is 3.47. The minimum atomic E-state index is -0.804. The van der Waals surface area contributed by atoms with Crippen molar-refractivity contribution in [3.8, 4) is 0 Å². The summed E-state index contributed by atoms with van der Waals surface area (Å²) in [5, 5.41) is 0. The van der Waals surface area contributed by atoms with E-state index in [1.807, 2.05) is 0 Å². The third kappa shape index (κ3) is 65.5. The monoisotopic (exact) mass is 1110 g/mol. The number of hydrogen-bond donors (Lipinski definition) is 0. The summed E-state index contributed by atoms with van der Waals surface area (Å²) in [6, 6.07) is 0. The Morgan fingerprint density at radius 3 is 0.753 bits per heavy atom. The first-order valence-corrected chi connectivity index (χ1v) is 32.6. The Labute approximate surface area is 498 Å². The Morgan fingerprint density at radius 2 is 0.481 bits per heavy atom. The van der Waals surface area contributed by atoms with Crippen molar-refractivity contribution in [2.75, 3.05) is 13.2 Å². The number of unbranched alkanes of at least 4 members (excludes halogenated alkanes) is 18. The molecule has 0 aliphatic carbocycles. The Balaban J connectivity index is 4.32. The molecule has 0 saturated heterocycles. The van der Waals surface area contributed by atoms with Crippen LogP contribution in [0.2, 0.25) is 0 Å². The first-order chi connectivity index (χ1) is 40.0. The molecule has 0 aliphatic rings. The molecule has 6 nitrogen and oxygen atoms in total. The van der Waals surface area contributed by atoms with E-state index in [4.69, 9.17) is 14.2 Å². The van der Waals surface area contributed by atoms with Gasteiger partial charge in [-0.25, -0.2) is 0 Å². The van der Waals surface area contributed by atoms with Crippen molar-refractivity contribution in [2.24, 2.45) is 0 Å². The maximum absolute atomic E-state index is 12.9. The second-order valence-electron chi connectivity index (χ2n) is 20.9. The van der Waals surface area contributed by atoms with Gasteiger partial charge in [-0.15, -0.1) is 0 Å². The van der Waals surface area contributed by atoms with Gasteiger partial charge in [-0.05, 0) is 135 Å². The first kappa shape index (κ1) is 75.8. The predicted octanol–water partition coefficient (Wildman–Crippen LogP) is 22.7. The molecule has 0 spiro atoms. The van der Waals surface area contributed by atoms with Crippen molar-refractivity contribution < 1.29 is 28.6 Å². The topological polar surface area (TPSA) is 78.9 Å². The molecule has 81 heavy (non-hydrogen) atoms. The fourth-order valence-electron chi connectivity index (χ4n) is 8.40. The van der Waals surface area contributed by atoms with Crippen LogP contribution < -0.4 is 0 Å². The van der Waals surface area contributed by atoms with E-state index in [1.54, 1.807) is 0 Å². The van der Waals surface area contributed by atoms with E-state index in [2.05, 4.69) is 191 Å². The van der Waals surface area contributed by atoms with Gasteiger partial charge in [0.15, 0.2) is 6.10 Å². The minimum absolute atomic E-state index is 0.0977. The van der Waals surface area contributed by atoms with Crippen molar-refractivity contribution in [1.82, 2.24) is 0 Å². The summed E-state index contributed by atoms with van der Waals surface area (Å²) in [5.41, 5.74) is 0. The molecule has 0 heterocycles. The van der Waals surface area contributed by atoms with Crippen LogP contribution in [0.3, 0.4) is 0 Å². The van der Waals surface area contributed by atoms with Gasteiger partial charge in [0.2, 0.25) is 0 Å². The molecule has 0 saturated carbocycles. The summed E-state index contributed by atoms with van der Waals surface area (Å²) >= 11 is 0. The molecule has 0 aliphatic heterocycles. The molecule has 0 aromatic carbocycles. The van der Waals surface area contributed by atoms with Gasteiger partial charge in [-0.1, -0.05) is 281 Å². The molecule has 6 heteroatoms. The molecule has 0 aromatic rings. The highest BCUT2D eigenvalue weighted by Crippen LogP contribution is 2.14. The van der Waals surface area contributed by atoms with E-state index in [-0.39, 0.29) is 31.1 Å². The number of hydrogen-bond acceptors (Lipinski definition) is 6. The lowest BCUT2D eigenvalue weighted by Gasteiger charge is -2.18. The third-order valence-electron chi connectivity index (χ3n) is 13.2. The zero-order valence-corrected chi connectivity index (χ0v) is 52.0. The third-order valence-corrected chi connectivity index (χ3v) is 13.2. The molecule has 1 unspecified atom stereocenters. The standard InChI is InChI=1S/C75H118O6/c1-4-7-10-13-16-19-21-23-25-27-29-31-32-33-34-35-36-37-38-39-40-41-42-44-45-47-49-51-53-56-59-62-65-68-74(77)80-71-72(70-79-73(76)67-64-61-58-55-18-15-12-9-6-3)81-75(78)69-66-63-60-57-54-52-50-48-46-43-30-28-26-24-22-20-17-14-11-8-5-2/h7-8,10-11,16-17,19-20,23-26,29-31,33-34,36-37,39-40,42-44,47-50,72H,4-6,9,12-15,18,21-22,27-28,32,35,38,41,45-46,51-71H2,1-3H3/b10-7-,11-8-,19-16-,20-17-,25-23-,26-24-,31-29-,34-33-,37-36-,40-39-,43-30-,44-42-,49-47-,50-48-. The van der Waals surface area contributed by atoms with E-state index in [1.165, 1.54) is 38.5 Å². The number of ether oxygens (including phenoxy) is 3. The highest BCUT2D eigenvalue weighted by atomic mass is 16.6. The molecule has 0 N–H and O–H groups in total. The van der Waals surface area contributed by atoms with Gasteiger partial charge in [-0.2, -0.15) is 0 Å². The van der Waals surface area contributed by atoms with Crippen molar-refractivity contribution in [2.45, 2.75) is 271 Å². The lowest BCUT2D eigenvalue weighted by Crippen LogP contribution is -2.30. The minimum Gasteiger partial charge on any atom is -0.462 e. The molecule has 0 bridgehead atoms. The van der Waals surface area contributed by atoms with E-state index in [0.717, 1.165) is 186 Å². The fraction of sp³-hybridized carbons (Fsp3) is 0.587. The summed E-state index contributed by atoms with van der Waals surface area (Å²) < 4.78 is 16.8. The SMILES string of the molecule is CC/C=C\C/C=C\C/C=C\C/C=C\C/C=C\C/C=C\C/C=C\C/C=C\C/C=C\CCCCCCCC(=O)OCC(COC(=O)CCCCCCCCCCC)OC(=O)CCCCCCC/C=C\C/C=C\C/C=C\C/C=C\C/C=C\CC. The molecule has 0 radical (unpaired) electrons. The Bertz CT molecular complexity index is 1860. The molecule has 0 rings (SSSR count). The summed E-state index contributed by atoms with van der Waals surface area (Å²) in [6.45, 7) is 6.35. The van der Waals surface area contributed by atoms with Crippen molar-refractivity contribution >= 4 is 17.9 Å². The van der Waals surface area contributed by atoms with Crippen LogP contribution in [-0.2, 0) is 28.6 Å². The molecular formula is C75H118O6. The smallest absolute Gasteiger partial charge is 0.306 e. The Hall–Kier alpha value is -5.23. The van der Waals surface area contributed by atoms with E-state index in [9.17, 15) is 14.4 Å². The maximum Gasteiger partial charge on any atom is 0.306 e. The van der Waals surface area contributed by atoms with Crippen LogP contribution in [0.1, 0.15) is 265 Å². The molecule has 0 aromatic heterocycles. The van der Waals surface area contributed by atoms with Crippen molar-refractivity contribution in [3.05, 3.63) is 170 Å². The van der Waals surface area contributed by atoms with E-state index < -0.39 is 6.10 Å². The van der Waals surface area contributed by atoms with E-state index in [0.29, 0.717) is 19.3 Å². The summed E-state index contributed by atoms with van der Waals surface area (Å²) in [7, 11) is 0. The van der Waals surface area contributed by atoms with Crippen LogP contribution >= 0.6 is 0 Å². The normalized spacial score (nSPS) is 13.3. The maximum atomic E-state index is 12.9. The van der Waals surface area contributed by atoms with Gasteiger partial charge >= 0.3 is 17.9 Å². The van der Waals surface area contributed by atoms with Gasteiger partial charge in [0.25, 0.3) is 0 Å². The van der Waals surface area contributed by atoms with Crippen LogP contribution in [0, 0.1) is 0 Å². The van der Waals surface area contributed by atoms with Crippen LogP contribution in [-0.4, -0.2) is 37.2 Å². The number of allylic oxidation sites excluding steroid dienone is 28. The van der Waals surface area contributed by atoms with Gasteiger partial charge in [0.05, 0.1) is 0 Å². The number of carbonyl (C=O) groups is 3. The van der Waals surface area contributed by atoms with Crippen LogP contribution in [0.4, 0.5) is 0 Å². The second-order valence-corrected chi connectivity index (χ2v) is 20.9. The zero-order valence-electron chi connectivity index (χ0n) is 52.0. The van der Waals surface area contributed by atoms with Crippen molar-refractivity contribution in [1.29, 1.82) is 0 Å². The van der Waals surface area contributed by atoms with Gasteiger partial charge in [0.1, 0.15) is 13.2 Å². The highest BCUT2D eigenvalue weighted by molar-refractivity contribution is 5.71. The summed E-state index contributed by atoms with van der Waals surface area (Å²) in [5.74, 6) is -0.944.